The molecule has 0 aliphatic rings. The molecule has 1 rings (SSSR count). The monoisotopic (exact) mass is 167 g/mol. The van der Waals surface area contributed by atoms with E-state index >= 15 is 0 Å². The molecule has 3 heteroatoms. The third-order valence-electron chi connectivity index (χ3n) is 1.17. The van der Waals surface area contributed by atoms with Crippen LogP contribution in [0, 0.1) is 6.92 Å². The molecule has 0 radical (unpaired) electrons. The first-order valence-electron chi connectivity index (χ1n) is 4.16. The van der Waals surface area contributed by atoms with Crippen molar-refractivity contribution in [2.75, 3.05) is 19.0 Å². The van der Waals surface area contributed by atoms with E-state index in [0.29, 0.717) is 0 Å². The predicted molar refractivity (Wildman–Crippen MR) is 52.4 cm³/mol. The third kappa shape index (κ3) is 3.32. The summed E-state index contributed by atoms with van der Waals surface area (Å²) in [4.78, 5) is 10.1. The lowest BCUT2D eigenvalue weighted by Crippen LogP contribution is -2.12. The fourth-order valence-corrected chi connectivity index (χ4v) is 0.617. The molecule has 12 heavy (non-hydrogen) atoms. The molecule has 0 N–H and O–H groups in total. The standard InChI is InChI=1S/C7H11N3.C2H6/c1-6-4-8-7(9-5-6)10(2)3;1-2/h4-5H,1-3H3;1-2H3. The molecular weight excluding hydrogens is 150 g/mol. The summed E-state index contributed by atoms with van der Waals surface area (Å²) in [6, 6.07) is 0. The summed E-state index contributed by atoms with van der Waals surface area (Å²) in [5, 5.41) is 0. The van der Waals surface area contributed by atoms with Gasteiger partial charge in [-0.1, -0.05) is 13.8 Å². The van der Waals surface area contributed by atoms with Crippen LogP contribution < -0.4 is 4.90 Å². The van der Waals surface area contributed by atoms with Crippen LogP contribution in [0.1, 0.15) is 19.4 Å². The van der Waals surface area contributed by atoms with Gasteiger partial charge in [0.05, 0.1) is 0 Å². The molecule has 68 valence electrons. The third-order valence-corrected chi connectivity index (χ3v) is 1.17. The van der Waals surface area contributed by atoms with Crippen molar-refractivity contribution in [3.8, 4) is 0 Å². The lowest BCUT2D eigenvalue weighted by Gasteiger charge is -2.08. The molecule has 1 aromatic heterocycles. The van der Waals surface area contributed by atoms with Crippen molar-refractivity contribution in [3.63, 3.8) is 0 Å². The fourth-order valence-electron chi connectivity index (χ4n) is 0.617. The molecule has 1 heterocycles. The molecule has 0 saturated heterocycles. The number of nitrogens with zero attached hydrogens (tertiary/aromatic N) is 3. The molecule has 0 aromatic carbocycles. The average molecular weight is 167 g/mol. The summed E-state index contributed by atoms with van der Waals surface area (Å²) in [7, 11) is 3.84. The van der Waals surface area contributed by atoms with E-state index in [1.165, 1.54) is 0 Å². The van der Waals surface area contributed by atoms with Gasteiger partial charge in [-0.2, -0.15) is 0 Å². The summed E-state index contributed by atoms with van der Waals surface area (Å²) in [5.41, 5.74) is 1.09. The Bertz CT molecular complexity index is 204. The van der Waals surface area contributed by atoms with Gasteiger partial charge in [-0.3, -0.25) is 0 Å². The number of hydrogen-bond donors (Lipinski definition) is 0. The minimum atomic E-state index is 0.755. The van der Waals surface area contributed by atoms with Gasteiger partial charge in [0.25, 0.3) is 0 Å². The second-order valence-electron chi connectivity index (χ2n) is 2.45. The SMILES string of the molecule is CC.Cc1cnc(N(C)C)nc1. The Labute approximate surface area is 74.5 Å². The smallest absolute Gasteiger partial charge is 0.224 e. The van der Waals surface area contributed by atoms with E-state index in [2.05, 4.69) is 9.97 Å². The number of anilines is 1. The molecule has 0 aliphatic carbocycles. The lowest BCUT2D eigenvalue weighted by atomic mass is 10.4. The van der Waals surface area contributed by atoms with Crippen molar-refractivity contribution in [1.82, 2.24) is 9.97 Å². The summed E-state index contributed by atoms with van der Waals surface area (Å²) in [6.07, 6.45) is 3.62. The number of rotatable bonds is 1. The Morgan fingerprint density at radius 1 is 1.08 bits per heavy atom. The van der Waals surface area contributed by atoms with Crippen molar-refractivity contribution in [1.29, 1.82) is 0 Å². The molecule has 0 unspecified atom stereocenters. The summed E-state index contributed by atoms with van der Waals surface area (Å²) in [5.74, 6) is 0.755. The van der Waals surface area contributed by atoms with E-state index in [4.69, 9.17) is 0 Å². The highest BCUT2D eigenvalue weighted by molar-refractivity contribution is 5.26. The van der Waals surface area contributed by atoms with Crippen LogP contribution in [0.3, 0.4) is 0 Å². The maximum Gasteiger partial charge on any atom is 0.224 e. The Morgan fingerprint density at radius 2 is 1.50 bits per heavy atom. The zero-order valence-electron chi connectivity index (χ0n) is 8.50. The molecule has 0 bridgehead atoms. The Kier molecular flexibility index (Phi) is 5.00. The molecular formula is C9H17N3. The second kappa shape index (κ2) is 5.52. The van der Waals surface area contributed by atoms with Crippen LogP contribution in [0.4, 0.5) is 5.95 Å². The predicted octanol–water partition coefficient (Wildman–Crippen LogP) is 1.88. The minimum Gasteiger partial charge on any atom is -0.347 e. The van der Waals surface area contributed by atoms with Crippen LogP contribution in [0.2, 0.25) is 0 Å². The van der Waals surface area contributed by atoms with Crippen molar-refractivity contribution < 1.29 is 0 Å². The molecule has 0 spiro atoms. The maximum absolute atomic E-state index is 4.09. The van der Waals surface area contributed by atoms with E-state index in [1.807, 2.05) is 52.2 Å². The van der Waals surface area contributed by atoms with Gasteiger partial charge in [-0.15, -0.1) is 0 Å². The molecule has 0 saturated carbocycles. The number of hydrogen-bond acceptors (Lipinski definition) is 3. The van der Waals surface area contributed by atoms with Gasteiger partial charge in [-0.05, 0) is 12.5 Å². The first-order valence-corrected chi connectivity index (χ1v) is 4.16. The lowest BCUT2D eigenvalue weighted by molar-refractivity contribution is 0.988. The molecule has 1 aromatic rings. The van der Waals surface area contributed by atoms with Gasteiger partial charge in [0.1, 0.15) is 0 Å². The van der Waals surface area contributed by atoms with Crippen LogP contribution in [0.5, 0.6) is 0 Å². The largest absolute Gasteiger partial charge is 0.347 e. The molecule has 0 atom stereocenters. The van der Waals surface area contributed by atoms with E-state index in [0.717, 1.165) is 11.5 Å². The molecule has 0 amide bonds. The van der Waals surface area contributed by atoms with Crippen LogP contribution in [-0.2, 0) is 0 Å². The summed E-state index contributed by atoms with van der Waals surface area (Å²) in [6.45, 7) is 5.97. The Hall–Kier alpha value is -1.12. The average Bonchev–Trinajstić information content (AvgIpc) is 2.09. The number of aryl methyl sites for hydroxylation is 1. The molecule has 0 fully saturated rings. The van der Waals surface area contributed by atoms with Crippen LogP contribution in [-0.4, -0.2) is 24.1 Å². The van der Waals surface area contributed by atoms with Crippen molar-refractivity contribution in [3.05, 3.63) is 18.0 Å². The highest BCUT2D eigenvalue weighted by Crippen LogP contribution is 2.00. The maximum atomic E-state index is 4.09. The first kappa shape index (κ1) is 10.9. The zero-order chi connectivity index (χ0) is 9.56. The van der Waals surface area contributed by atoms with Crippen LogP contribution in [0.25, 0.3) is 0 Å². The van der Waals surface area contributed by atoms with Gasteiger partial charge in [0.2, 0.25) is 5.95 Å². The molecule has 0 aliphatic heterocycles. The quantitative estimate of drug-likeness (QED) is 0.639. The topological polar surface area (TPSA) is 29.0 Å². The van der Waals surface area contributed by atoms with Crippen LogP contribution >= 0.6 is 0 Å². The highest BCUT2D eigenvalue weighted by atomic mass is 15.2. The van der Waals surface area contributed by atoms with Gasteiger partial charge in [-0.25, -0.2) is 9.97 Å². The van der Waals surface area contributed by atoms with E-state index in [1.54, 1.807) is 0 Å². The zero-order valence-corrected chi connectivity index (χ0v) is 8.50. The second-order valence-corrected chi connectivity index (χ2v) is 2.45. The van der Waals surface area contributed by atoms with Gasteiger partial charge < -0.3 is 4.90 Å². The summed E-state index contributed by atoms with van der Waals surface area (Å²) < 4.78 is 0. The van der Waals surface area contributed by atoms with E-state index in [9.17, 15) is 0 Å². The summed E-state index contributed by atoms with van der Waals surface area (Å²) >= 11 is 0. The van der Waals surface area contributed by atoms with Crippen molar-refractivity contribution in [2.24, 2.45) is 0 Å². The first-order chi connectivity index (χ1) is 5.70. The van der Waals surface area contributed by atoms with E-state index < -0.39 is 0 Å². The van der Waals surface area contributed by atoms with Gasteiger partial charge in [0, 0.05) is 26.5 Å². The van der Waals surface area contributed by atoms with Crippen molar-refractivity contribution in [2.45, 2.75) is 20.8 Å². The number of aromatic nitrogens is 2. The van der Waals surface area contributed by atoms with Gasteiger partial charge >= 0.3 is 0 Å². The van der Waals surface area contributed by atoms with Crippen molar-refractivity contribution >= 4 is 5.95 Å². The highest BCUT2D eigenvalue weighted by Gasteiger charge is 1.94. The van der Waals surface area contributed by atoms with Gasteiger partial charge in [0.15, 0.2) is 0 Å². The molecule has 3 nitrogen and oxygen atoms in total. The fraction of sp³-hybridized carbons (Fsp3) is 0.556. The Morgan fingerprint density at radius 3 is 1.83 bits per heavy atom. The Balaban J connectivity index is 0.000000561. The van der Waals surface area contributed by atoms with E-state index in [-0.39, 0.29) is 0 Å². The normalized spacial score (nSPS) is 8.42. The van der Waals surface area contributed by atoms with Crippen LogP contribution in [0.15, 0.2) is 12.4 Å². The minimum absolute atomic E-state index is 0.755.